The molecular weight excluding hydrogens is 647 g/mol. The van der Waals surface area contributed by atoms with Gasteiger partial charge < -0.3 is 4.57 Å². The van der Waals surface area contributed by atoms with Crippen LogP contribution in [0.1, 0.15) is 0 Å². The van der Waals surface area contributed by atoms with Crippen LogP contribution in [-0.4, -0.2) is 24.5 Å². The lowest BCUT2D eigenvalue weighted by Gasteiger charge is -2.12. The number of rotatable bonds is 6. The first-order valence-electron chi connectivity index (χ1n) is 17.7. The predicted molar refractivity (Wildman–Crippen MR) is 217 cm³/mol. The molecule has 0 aliphatic carbocycles. The van der Waals surface area contributed by atoms with Crippen molar-refractivity contribution in [3.05, 3.63) is 188 Å². The first kappa shape index (κ1) is 30.6. The number of fused-ring (bicyclic) bond motifs is 5. The van der Waals surface area contributed by atoms with Crippen molar-refractivity contribution in [2.45, 2.75) is 0 Å². The minimum atomic E-state index is 0.560. The SMILES string of the molecule is c1ccc(-c2ccc(-c3nc(-c4ccc(-c5ccccc5)cc4)nc(-c4cncc(-n5c6ccccc6c6c7ccccc7ccc65)c4)n3)cc2)cc1. The van der Waals surface area contributed by atoms with E-state index < -0.39 is 0 Å². The van der Waals surface area contributed by atoms with Crippen molar-refractivity contribution in [3.8, 4) is 62.1 Å². The Morgan fingerprint density at radius 3 is 1.45 bits per heavy atom. The highest BCUT2D eigenvalue weighted by Gasteiger charge is 2.17. The van der Waals surface area contributed by atoms with Gasteiger partial charge in [-0.15, -0.1) is 0 Å². The smallest absolute Gasteiger partial charge is 0.165 e. The van der Waals surface area contributed by atoms with Crippen LogP contribution in [0.3, 0.4) is 0 Å². The van der Waals surface area contributed by atoms with Crippen LogP contribution < -0.4 is 0 Å². The summed E-state index contributed by atoms with van der Waals surface area (Å²) >= 11 is 0. The van der Waals surface area contributed by atoms with E-state index in [0.717, 1.165) is 55.7 Å². The summed E-state index contributed by atoms with van der Waals surface area (Å²) in [6.45, 7) is 0. The molecule has 10 aromatic rings. The number of benzene rings is 7. The van der Waals surface area contributed by atoms with Crippen molar-refractivity contribution >= 4 is 32.6 Å². The molecule has 0 bridgehead atoms. The van der Waals surface area contributed by atoms with Crippen molar-refractivity contribution in [2.75, 3.05) is 0 Å². The second kappa shape index (κ2) is 12.8. The summed E-state index contributed by atoms with van der Waals surface area (Å²) in [6.07, 6.45) is 3.75. The summed E-state index contributed by atoms with van der Waals surface area (Å²) in [6, 6.07) is 61.3. The maximum Gasteiger partial charge on any atom is 0.165 e. The molecule has 5 heteroatoms. The number of para-hydroxylation sites is 1. The molecule has 7 aromatic carbocycles. The zero-order valence-corrected chi connectivity index (χ0v) is 28.6. The molecule has 0 amide bonds. The molecule has 248 valence electrons. The zero-order valence-electron chi connectivity index (χ0n) is 28.6. The Hall–Kier alpha value is -7.24. The fourth-order valence-electron chi connectivity index (χ4n) is 7.34. The molecular formula is C48H31N5. The van der Waals surface area contributed by atoms with Crippen molar-refractivity contribution in [1.82, 2.24) is 24.5 Å². The zero-order chi connectivity index (χ0) is 35.1. The lowest BCUT2D eigenvalue weighted by Crippen LogP contribution is -2.02. The van der Waals surface area contributed by atoms with Gasteiger partial charge in [-0.2, -0.15) is 0 Å². The van der Waals surface area contributed by atoms with Crippen LogP contribution in [0.25, 0.3) is 94.7 Å². The van der Waals surface area contributed by atoms with Gasteiger partial charge in [0.15, 0.2) is 17.5 Å². The monoisotopic (exact) mass is 677 g/mol. The predicted octanol–water partition coefficient (Wildman–Crippen LogP) is 11.9. The van der Waals surface area contributed by atoms with Gasteiger partial charge in [-0.1, -0.05) is 158 Å². The number of aromatic nitrogens is 5. The van der Waals surface area contributed by atoms with Crippen molar-refractivity contribution < 1.29 is 0 Å². The molecule has 0 saturated heterocycles. The molecule has 0 N–H and O–H groups in total. The minimum absolute atomic E-state index is 0.560. The topological polar surface area (TPSA) is 56.5 Å². The average molecular weight is 678 g/mol. The lowest BCUT2D eigenvalue weighted by atomic mass is 10.0. The Labute approximate surface area is 306 Å². The van der Waals surface area contributed by atoms with E-state index in [-0.39, 0.29) is 0 Å². The quantitative estimate of drug-likeness (QED) is 0.176. The fourth-order valence-corrected chi connectivity index (χ4v) is 7.34. The van der Waals surface area contributed by atoms with E-state index >= 15 is 0 Å². The molecule has 0 aliphatic heterocycles. The Bertz CT molecular complexity index is 2810. The van der Waals surface area contributed by atoms with Gasteiger partial charge in [0.05, 0.1) is 22.9 Å². The highest BCUT2D eigenvalue weighted by atomic mass is 15.0. The molecule has 0 saturated carbocycles. The van der Waals surface area contributed by atoms with Gasteiger partial charge in [0.1, 0.15) is 0 Å². The van der Waals surface area contributed by atoms with E-state index in [1.165, 1.54) is 21.5 Å². The van der Waals surface area contributed by atoms with Crippen LogP contribution in [0, 0.1) is 0 Å². The first-order valence-corrected chi connectivity index (χ1v) is 17.7. The van der Waals surface area contributed by atoms with Crippen LogP contribution in [0.4, 0.5) is 0 Å². The molecule has 0 unspecified atom stereocenters. The van der Waals surface area contributed by atoms with Gasteiger partial charge >= 0.3 is 0 Å². The Morgan fingerprint density at radius 1 is 0.340 bits per heavy atom. The van der Waals surface area contributed by atoms with E-state index in [4.69, 9.17) is 19.9 Å². The van der Waals surface area contributed by atoms with Gasteiger partial charge in [-0.25, -0.2) is 15.0 Å². The molecule has 0 spiro atoms. The summed E-state index contributed by atoms with van der Waals surface area (Å²) in [5, 5.41) is 4.88. The molecule has 0 radical (unpaired) electrons. The van der Waals surface area contributed by atoms with Gasteiger partial charge in [0, 0.05) is 33.7 Å². The Morgan fingerprint density at radius 2 is 0.830 bits per heavy atom. The molecule has 0 aliphatic rings. The van der Waals surface area contributed by atoms with Gasteiger partial charge in [0.2, 0.25) is 0 Å². The Kier molecular flexibility index (Phi) is 7.40. The third-order valence-electron chi connectivity index (χ3n) is 9.94. The number of pyridine rings is 1. The van der Waals surface area contributed by atoms with Crippen LogP contribution in [-0.2, 0) is 0 Å². The molecule has 0 atom stereocenters. The normalized spacial score (nSPS) is 11.4. The number of nitrogens with zero attached hydrogens (tertiary/aromatic N) is 5. The summed E-state index contributed by atoms with van der Waals surface area (Å²) in [5.41, 5.74) is 10.4. The molecule has 3 heterocycles. The van der Waals surface area contributed by atoms with E-state index in [2.05, 4.69) is 168 Å². The van der Waals surface area contributed by atoms with Crippen molar-refractivity contribution in [3.63, 3.8) is 0 Å². The molecule has 53 heavy (non-hydrogen) atoms. The van der Waals surface area contributed by atoms with E-state index in [1.807, 2.05) is 24.5 Å². The molecule has 0 fully saturated rings. The molecule has 3 aromatic heterocycles. The van der Waals surface area contributed by atoms with Crippen LogP contribution in [0.15, 0.2) is 188 Å². The maximum absolute atomic E-state index is 5.08. The molecule has 5 nitrogen and oxygen atoms in total. The highest BCUT2D eigenvalue weighted by molar-refractivity contribution is 6.21. The Balaban J connectivity index is 1.12. The van der Waals surface area contributed by atoms with Gasteiger partial charge in [0.25, 0.3) is 0 Å². The van der Waals surface area contributed by atoms with Crippen molar-refractivity contribution in [2.24, 2.45) is 0 Å². The standard InChI is InChI=1S/C48H31N5/c1-3-11-32(12-4-1)34-19-23-37(24-20-34)46-50-47(38-25-21-35(22-26-38)33-13-5-2-6-14-33)52-48(51-46)39-29-40(31-49-30-39)53-43-18-10-9-17-42(43)45-41-16-8-7-15-36(41)27-28-44(45)53/h1-31H. The van der Waals surface area contributed by atoms with E-state index in [0.29, 0.717) is 17.5 Å². The minimum Gasteiger partial charge on any atom is -0.308 e. The number of hydrogen-bond donors (Lipinski definition) is 0. The van der Waals surface area contributed by atoms with Crippen LogP contribution in [0.5, 0.6) is 0 Å². The third kappa shape index (κ3) is 5.52. The summed E-state index contributed by atoms with van der Waals surface area (Å²) in [7, 11) is 0. The van der Waals surface area contributed by atoms with E-state index in [1.54, 1.807) is 0 Å². The fraction of sp³-hybridized carbons (Fsp3) is 0. The summed E-state index contributed by atoms with van der Waals surface area (Å²) in [5.74, 6) is 1.76. The largest absolute Gasteiger partial charge is 0.308 e. The van der Waals surface area contributed by atoms with Gasteiger partial charge in [-0.3, -0.25) is 4.98 Å². The van der Waals surface area contributed by atoms with Gasteiger partial charge in [-0.05, 0) is 51.2 Å². The van der Waals surface area contributed by atoms with E-state index in [9.17, 15) is 0 Å². The average Bonchev–Trinajstić information content (AvgIpc) is 3.59. The third-order valence-corrected chi connectivity index (χ3v) is 9.94. The van der Waals surface area contributed by atoms with Crippen molar-refractivity contribution in [1.29, 1.82) is 0 Å². The molecule has 10 rings (SSSR count). The second-order valence-electron chi connectivity index (χ2n) is 13.2. The van der Waals surface area contributed by atoms with Crippen LogP contribution in [0.2, 0.25) is 0 Å². The summed E-state index contributed by atoms with van der Waals surface area (Å²) in [4.78, 5) is 20.0. The summed E-state index contributed by atoms with van der Waals surface area (Å²) < 4.78 is 2.29. The lowest BCUT2D eigenvalue weighted by molar-refractivity contribution is 1.06. The maximum atomic E-state index is 5.08. The second-order valence-corrected chi connectivity index (χ2v) is 13.2. The first-order chi connectivity index (χ1) is 26.3. The number of hydrogen-bond acceptors (Lipinski definition) is 4. The van der Waals surface area contributed by atoms with Crippen LogP contribution >= 0.6 is 0 Å². The highest BCUT2D eigenvalue weighted by Crippen LogP contribution is 2.37.